The Morgan fingerprint density at radius 2 is 2.21 bits per heavy atom. The summed E-state index contributed by atoms with van der Waals surface area (Å²) in [5.74, 6) is 1.47. The van der Waals surface area contributed by atoms with E-state index in [0.717, 1.165) is 42.4 Å². The minimum absolute atomic E-state index is 0.393. The fourth-order valence-corrected chi connectivity index (χ4v) is 3.67. The lowest BCUT2D eigenvalue weighted by atomic mass is 9.99. The SMILES string of the molecule is COc1cc2ncc(-c3cccc(N[C@@H]4CCCNC4)n3)n2cc1C(C)(C)O. The van der Waals surface area contributed by atoms with E-state index in [1.54, 1.807) is 27.2 Å². The van der Waals surface area contributed by atoms with Crippen LogP contribution in [0.25, 0.3) is 17.0 Å². The van der Waals surface area contributed by atoms with E-state index in [1.165, 1.54) is 6.42 Å². The number of anilines is 1. The lowest BCUT2D eigenvalue weighted by Crippen LogP contribution is -2.38. The van der Waals surface area contributed by atoms with Crippen molar-refractivity contribution in [2.75, 3.05) is 25.5 Å². The molecule has 28 heavy (non-hydrogen) atoms. The monoisotopic (exact) mass is 381 g/mol. The van der Waals surface area contributed by atoms with Crippen molar-refractivity contribution < 1.29 is 9.84 Å². The van der Waals surface area contributed by atoms with Crippen molar-refractivity contribution in [3.8, 4) is 17.1 Å². The van der Waals surface area contributed by atoms with Crippen LogP contribution in [0.3, 0.4) is 0 Å². The molecule has 3 N–H and O–H groups in total. The maximum atomic E-state index is 10.5. The zero-order chi connectivity index (χ0) is 19.7. The van der Waals surface area contributed by atoms with Crippen molar-refractivity contribution in [2.24, 2.45) is 0 Å². The Labute approximate surface area is 164 Å². The van der Waals surface area contributed by atoms with Gasteiger partial charge >= 0.3 is 0 Å². The van der Waals surface area contributed by atoms with Gasteiger partial charge in [0.25, 0.3) is 0 Å². The van der Waals surface area contributed by atoms with Crippen LogP contribution in [-0.4, -0.2) is 45.7 Å². The summed E-state index contributed by atoms with van der Waals surface area (Å²) < 4.78 is 7.40. The first-order chi connectivity index (χ1) is 13.5. The van der Waals surface area contributed by atoms with E-state index in [-0.39, 0.29) is 0 Å². The standard InChI is InChI=1S/C21H27N5O2/c1-21(2,27)15-13-26-17(12-23-20(26)10-18(15)28-3)16-7-4-8-19(25-16)24-14-6-5-9-22-11-14/h4,7-8,10,12-14,22,27H,5-6,9,11H2,1-3H3,(H,24,25)/t14-/m1/s1. The van der Waals surface area contributed by atoms with Crippen molar-refractivity contribution in [1.82, 2.24) is 19.7 Å². The lowest BCUT2D eigenvalue weighted by molar-refractivity contribution is 0.0752. The van der Waals surface area contributed by atoms with Gasteiger partial charge in [-0.1, -0.05) is 6.07 Å². The maximum Gasteiger partial charge on any atom is 0.140 e. The van der Waals surface area contributed by atoms with Gasteiger partial charge in [0.1, 0.15) is 17.2 Å². The van der Waals surface area contributed by atoms with E-state index in [0.29, 0.717) is 17.4 Å². The third-order valence-corrected chi connectivity index (χ3v) is 5.15. The van der Waals surface area contributed by atoms with Gasteiger partial charge in [-0.3, -0.25) is 4.40 Å². The fourth-order valence-electron chi connectivity index (χ4n) is 3.67. The zero-order valence-electron chi connectivity index (χ0n) is 16.6. The van der Waals surface area contributed by atoms with Gasteiger partial charge in [0.05, 0.1) is 30.3 Å². The quantitative estimate of drug-likeness (QED) is 0.630. The van der Waals surface area contributed by atoms with Gasteiger partial charge in [-0.2, -0.15) is 0 Å². The first-order valence-corrected chi connectivity index (χ1v) is 9.68. The van der Waals surface area contributed by atoms with E-state index >= 15 is 0 Å². The Hall–Kier alpha value is -2.64. The first kappa shape index (κ1) is 18.7. The second-order valence-electron chi connectivity index (χ2n) is 7.78. The Bertz CT molecular complexity index is 971. The molecule has 0 unspecified atom stereocenters. The number of aliphatic hydroxyl groups is 1. The van der Waals surface area contributed by atoms with Gasteiger partial charge in [-0.15, -0.1) is 0 Å². The number of nitrogens with zero attached hydrogens (tertiary/aromatic N) is 3. The number of methoxy groups -OCH3 is 1. The number of piperidine rings is 1. The third kappa shape index (κ3) is 3.68. The summed E-state index contributed by atoms with van der Waals surface area (Å²) in [6.45, 7) is 5.53. The Morgan fingerprint density at radius 1 is 1.36 bits per heavy atom. The zero-order valence-corrected chi connectivity index (χ0v) is 16.6. The minimum Gasteiger partial charge on any atom is -0.496 e. The summed E-state index contributed by atoms with van der Waals surface area (Å²) in [4.78, 5) is 9.30. The smallest absolute Gasteiger partial charge is 0.140 e. The highest BCUT2D eigenvalue weighted by molar-refractivity contribution is 5.64. The molecule has 0 spiro atoms. The van der Waals surface area contributed by atoms with Crippen LogP contribution in [0.4, 0.5) is 5.82 Å². The average molecular weight is 381 g/mol. The number of hydrogen-bond donors (Lipinski definition) is 3. The van der Waals surface area contributed by atoms with Crippen LogP contribution in [0.5, 0.6) is 5.75 Å². The minimum atomic E-state index is -1.04. The molecule has 4 heterocycles. The van der Waals surface area contributed by atoms with E-state index in [9.17, 15) is 5.11 Å². The van der Waals surface area contributed by atoms with Gasteiger partial charge in [0.15, 0.2) is 0 Å². The van der Waals surface area contributed by atoms with Crippen LogP contribution >= 0.6 is 0 Å². The molecule has 0 aromatic carbocycles. The molecule has 1 atom stereocenters. The Kier molecular flexibility index (Phi) is 4.95. The molecule has 0 radical (unpaired) electrons. The number of imidazole rings is 1. The first-order valence-electron chi connectivity index (χ1n) is 9.68. The average Bonchev–Trinajstić information content (AvgIpc) is 3.10. The van der Waals surface area contributed by atoms with Gasteiger partial charge in [0, 0.05) is 30.4 Å². The second kappa shape index (κ2) is 7.41. The molecular weight excluding hydrogens is 354 g/mol. The molecule has 1 fully saturated rings. The van der Waals surface area contributed by atoms with Gasteiger partial charge < -0.3 is 20.5 Å². The van der Waals surface area contributed by atoms with Gasteiger partial charge in [0.2, 0.25) is 0 Å². The molecule has 7 nitrogen and oxygen atoms in total. The molecule has 1 saturated heterocycles. The molecule has 7 heteroatoms. The fraction of sp³-hybridized carbons (Fsp3) is 0.429. The molecule has 148 valence electrons. The molecule has 0 amide bonds. The van der Waals surface area contributed by atoms with Crippen molar-refractivity contribution in [3.05, 3.63) is 42.2 Å². The largest absolute Gasteiger partial charge is 0.496 e. The van der Waals surface area contributed by atoms with Crippen molar-refractivity contribution in [2.45, 2.75) is 38.3 Å². The highest BCUT2D eigenvalue weighted by atomic mass is 16.5. The molecule has 0 saturated carbocycles. The molecule has 1 aliphatic rings. The maximum absolute atomic E-state index is 10.5. The molecule has 0 aliphatic carbocycles. The highest BCUT2D eigenvalue weighted by Crippen LogP contribution is 2.32. The molecule has 0 bridgehead atoms. The topological polar surface area (TPSA) is 83.7 Å². The summed E-state index contributed by atoms with van der Waals surface area (Å²) in [6.07, 6.45) is 6.00. The Balaban J connectivity index is 1.72. The summed E-state index contributed by atoms with van der Waals surface area (Å²) in [7, 11) is 1.60. The van der Waals surface area contributed by atoms with E-state index in [4.69, 9.17) is 9.72 Å². The Morgan fingerprint density at radius 3 is 2.93 bits per heavy atom. The predicted octanol–water partition coefficient (Wildman–Crippen LogP) is 2.80. The number of rotatable bonds is 5. The van der Waals surface area contributed by atoms with Gasteiger partial charge in [-0.05, 0) is 45.4 Å². The van der Waals surface area contributed by atoms with Crippen LogP contribution < -0.4 is 15.4 Å². The van der Waals surface area contributed by atoms with Crippen LogP contribution in [-0.2, 0) is 5.60 Å². The summed E-state index contributed by atoms with van der Waals surface area (Å²) >= 11 is 0. The number of pyridine rings is 2. The second-order valence-corrected chi connectivity index (χ2v) is 7.78. The number of nitrogens with one attached hydrogen (secondary N) is 2. The number of ether oxygens (including phenoxy) is 1. The molecule has 3 aromatic heterocycles. The number of fused-ring (bicyclic) bond motifs is 1. The number of hydrogen-bond acceptors (Lipinski definition) is 6. The molecule has 4 rings (SSSR count). The van der Waals surface area contributed by atoms with E-state index in [2.05, 4.69) is 15.6 Å². The molecular formula is C21H27N5O2. The van der Waals surface area contributed by atoms with Crippen LogP contribution in [0, 0.1) is 0 Å². The van der Waals surface area contributed by atoms with E-state index < -0.39 is 5.60 Å². The van der Waals surface area contributed by atoms with Crippen molar-refractivity contribution in [1.29, 1.82) is 0 Å². The molecule has 3 aromatic rings. The lowest BCUT2D eigenvalue weighted by Gasteiger charge is -2.24. The van der Waals surface area contributed by atoms with Crippen LogP contribution in [0.1, 0.15) is 32.3 Å². The summed E-state index contributed by atoms with van der Waals surface area (Å²) in [6, 6.07) is 8.20. The van der Waals surface area contributed by atoms with E-state index in [1.807, 2.05) is 34.9 Å². The third-order valence-electron chi connectivity index (χ3n) is 5.15. The van der Waals surface area contributed by atoms with Crippen LogP contribution in [0.2, 0.25) is 0 Å². The summed E-state index contributed by atoms with van der Waals surface area (Å²) in [5, 5.41) is 17.5. The number of aromatic nitrogens is 3. The normalized spacial score (nSPS) is 17.6. The van der Waals surface area contributed by atoms with Crippen molar-refractivity contribution >= 4 is 11.5 Å². The van der Waals surface area contributed by atoms with Crippen molar-refractivity contribution in [3.63, 3.8) is 0 Å². The predicted molar refractivity (Wildman–Crippen MR) is 110 cm³/mol. The van der Waals surface area contributed by atoms with Gasteiger partial charge in [-0.25, -0.2) is 9.97 Å². The van der Waals surface area contributed by atoms with Crippen LogP contribution in [0.15, 0.2) is 36.7 Å². The highest BCUT2D eigenvalue weighted by Gasteiger charge is 2.23. The molecule has 1 aliphatic heterocycles. The summed E-state index contributed by atoms with van der Waals surface area (Å²) in [5.41, 5.74) is 2.11.